The number of benzene rings is 1. The van der Waals surface area contributed by atoms with E-state index in [-0.39, 0.29) is 5.41 Å². The molecule has 0 aliphatic rings. The van der Waals surface area contributed by atoms with Crippen LogP contribution in [0.5, 0.6) is 5.88 Å². The maximum Gasteiger partial charge on any atom is 0.219 e. The molecule has 0 radical (unpaired) electrons. The number of hydrazine groups is 1. The van der Waals surface area contributed by atoms with Crippen LogP contribution in [0.4, 0.5) is 5.82 Å². The Kier molecular flexibility index (Phi) is 4.80. The minimum Gasteiger partial charge on any atom is -0.473 e. The summed E-state index contributed by atoms with van der Waals surface area (Å²) in [6.45, 7) is 6.55. The Labute approximate surface area is 133 Å². The maximum atomic E-state index is 5.77. The van der Waals surface area contributed by atoms with Crippen LogP contribution in [0.15, 0.2) is 34.8 Å². The van der Waals surface area contributed by atoms with Gasteiger partial charge in [-0.3, -0.25) is 0 Å². The van der Waals surface area contributed by atoms with Crippen molar-refractivity contribution in [2.75, 3.05) is 5.43 Å². The van der Waals surface area contributed by atoms with Crippen molar-refractivity contribution in [3.63, 3.8) is 0 Å². The highest BCUT2D eigenvalue weighted by Gasteiger charge is 2.19. The number of anilines is 1. The highest BCUT2D eigenvalue weighted by Crippen LogP contribution is 2.24. The lowest BCUT2D eigenvalue weighted by Gasteiger charge is -2.18. The molecule has 0 saturated carbocycles. The summed E-state index contributed by atoms with van der Waals surface area (Å²) in [5, 5.41) is 0. The molecule has 0 atom stereocenters. The van der Waals surface area contributed by atoms with E-state index in [0.717, 1.165) is 10.0 Å². The third kappa shape index (κ3) is 4.15. The van der Waals surface area contributed by atoms with E-state index in [1.54, 1.807) is 6.07 Å². The molecular formula is C15H19BrN4O. The van der Waals surface area contributed by atoms with Crippen LogP contribution >= 0.6 is 15.9 Å². The van der Waals surface area contributed by atoms with Crippen LogP contribution in [0.2, 0.25) is 0 Å². The molecule has 0 fully saturated rings. The minimum absolute atomic E-state index is 0.182. The molecule has 0 bridgehead atoms. The molecule has 0 spiro atoms. The standard InChI is InChI=1S/C15H19BrN4O/c1-15(2,3)14-18-12(20-17)8-13(19-14)21-9-10-6-4-5-7-11(10)16/h4-8H,9,17H2,1-3H3,(H,18,19,20). The molecule has 2 rings (SSSR count). The van der Waals surface area contributed by atoms with Gasteiger partial charge in [-0.2, -0.15) is 4.98 Å². The number of ether oxygens (including phenoxy) is 1. The van der Waals surface area contributed by atoms with Gasteiger partial charge in [0.15, 0.2) is 0 Å². The molecule has 0 amide bonds. The predicted molar refractivity (Wildman–Crippen MR) is 87.0 cm³/mol. The summed E-state index contributed by atoms with van der Waals surface area (Å²) in [4.78, 5) is 8.81. The van der Waals surface area contributed by atoms with Gasteiger partial charge in [-0.1, -0.05) is 54.9 Å². The Morgan fingerprint density at radius 1 is 1.24 bits per heavy atom. The summed E-state index contributed by atoms with van der Waals surface area (Å²) < 4.78 is 6.78. The molecule has 1 aromatic carbocycles. The molecule has 6 heteroatoms. The lowest BCUT2D eigenvalue weighted by molar-refractivity contribution is 0.289. The Bertz CT molecular complexity index is 625. The Hall–Kier alpha value is -1.66. The van der Waals surface area contributed by atoms with Gasteiger partial charge < -0.3 is 10.2 Å². The van der Waals surface area contributed by atoms with Crippen molar-refractivity contribution >= 4 is 21.7 Å². The van der Waals surface area contributed by atoms with Crippen LogP contribution in [0.25, 0.3) is 0 Å². The molecule has 0 aliphatic carbocycles. The lowest BCUT2D eigenvalue weighted by atomic mass is 9.96. The third-order valence-corrected chi connectivity index (χ3v) is 3.63. The molecule has 3 N–H and O–H groups in total. The van der Waals surface area contributed by atoms with Crippen LogP contribution in [0.3, 0.4) is 0 Å². The zero-order chi connectivity index (χ0) is 15.5. The quantitative estimate of drug-likeness (QED) is 0.652. The average Bonchev–Trinajstić information content (AvgIpc) is 2.45. The second-order valence-electron chi connectivity index (χ2n) is 5.69. The van der Waals surface area contributed by atoms with Crippen LogP contribution in [-0.4, -0.2) is 9.97 Å². The van der Waals surface area contributed by atoms with Crippen LogP contribution in [0, 0.1) is 0 Å². The van der Waals surface area contributed by atoms with Crippen molar-refractivity contribution < 1.29 is 4.74 Å². The number of halogens is 1. The first-order valence-corrected chi connectivity index (χ1v) is 7.42. The Morgan fingerprint density at radius 3 is 2.57 bits per heavy atom. The number of aromatic nitrogens is 2. The highest BCUT2D eigenvalue weighted by atomic mass is 79.9. The molecule has 2 aromatic rings. The maximum absolute atomic E-state index is 5.77. The summed E-state index contributed by atoms with van der Waals surface area (Å²) in [5.41, 5.74) is 3.42. The second kappa shape index (κ2) is 6.41. The van der Waals surface area contributed by atoms with Crippen LogP contribution in [0.1, 0.15) is 32.2 Å². The van der Waals surface area contributed by atoms with Gasteiger partial charge in [-0.15, -0.1) is 0 Å². The van der Waals surface area contributed by atoms with E-state index in [0.29, 0.717) is 24.1 Å². The average molecular weight is 351 g/mol. The van der Waals surface area contributed by atoms with Gasteiger partial charge >= 0.3 is 0 Å². The largest absolute Gasteiger partial charge is 0.473 e. The van der Waals surface area contributed by atoms with Gasteiger partial charge in [0.1, 0.15) is 18.2 Å². The number of nitrogen functional groups attached to an aromatic ring is 1. The zero-order valence-electron chi connectivity index (χ0n) is 12.4. The van der Waals surface area contributed by atoms with E-state index in [1.807, 2.05) is 45.0 Å². The van der Waals surface area contributed by atoms with Gasteiger partial charge in [0.2, 0.25) is 5.88 Å². The summed E-state index contributed by atoms with van der Waals surface area (Å²) >= 11 is 3.50. The van der Waals surface area contributed by atoms with Gasteiger partial charge in [-0.05, 0) is 6.07 Å². The Balaban J connectivity index is 2.22. The molecule has 1 aromatic heterocycles. The molecular weight excluding hydrogens is 332 g/mol. The van der Waals surface area contributed by atoms with Gasteiger partial charge in [0.05, 0.1) is 0 Å². The lowest BCUT2D eigenvalue weighted by Crippen LogP contribution is -2.19. The summed E-state index contributed by atoms with van der Waals surface area (Å²) in [5.74, 6) is 7.18. The number of rotatable bonds is 4. The highest BCUT2D eigenvalue weighted by molar-refractivity contribution is 9.10. The van der Waals surface area contributed by atoms with Crippen LogP contribution < -0.4 is 16.0 Å². The number of hydrogen-bond donors (Lipinski definition) is 2. The van der Waals surface area contributed by atoms with Crippen LogP contribution in [-0.2, 0) is 12.0 Å². The molecule has 5 nitrogen and oxygen atoms in total. The van der Waals surface area contributed by atoms with Gasteiger partial charge in [-0.25, -0.2) is 10.8 Å². The van der Waals surface area contributed by atoms with Gasteiger partial charge in [0.25, 0.3) is 0 Å². The third-order valence-electron chi connectivity index (χ3n) is 2.85. The topological polar surface area (TPSA) is 73.1 Å². The minimum atomic E-state index is -0.182. The van der Waals surface area contributed by atoms with E-state index < -0.39 is 0 Å². The fourth-order valence-corrected chi connectivity index (χ4v) is 2.07. The fourth-order valence-electron chi connectivity index (χ4n) is 1.68. The monoisotopic (exact) mass is 350 g/mol. The SMILES string of the molecule is CC(C)(C)c1nc(NN)cc(OCc2ccccc2Br)n1. The molecule has 0 aliphatic heterocycles. The molecule has 0 unspecified atom stereocenters. The van der Waals surface area contributed by atoms with E-state index in [9.17, 15) is 0 Å². The van der Waals surface area contributed by atoms with E-state index in [2.05, 4.69) is 31.3 Å². The van der Waals surface area contributed by atoms with Crippen molar-refractivity contribution in [1.82, 2.24) is 9.97 Å². The first-order valence-electron chi connectivity index (χ1n) is 6.62. The van der Waals surface area contributed by atoms with Gasteiger partial charge in [0, 0.05) is 21.5 Å². The van der Waals surface area contributed by atoms with Crippen molar-refractivity contribution in [3.05, 3.63) is 46.2 Å². The smallest absolute Gasteiger partial charge is 0.219 e. The fraction of sp³-hybridized carbons (Fsp3) is 0.333. The van der Waals surface area contributed by atoms with E-state index in [1.165, 1.54) is 0 Å². The van der Waals surface area contributed by atoms with E-state index >= 15 is 0 Å². The second-order valence-corrected chi connectivity index (χ2v) is 6.54. The van der Waals surface area contributed by atoms with E-state index in [4.69, 9.17) is 10.6 Å². The first kappa shape index (κ1) is 15.7. The normalized spacial score (nSPS) is 11.3. The molecule has 1 heterocycles. The van der Waals surface area contributed by atoms with Crippen molar-refractivity contribution in [2.45, 2.75) is 32.8 Å². The predicted octanol–water partition coefficient (Wildman–Crippen LogP) is 3.40. The van der Waals surface area contributed by atoms with Crippen molar-refractivity contribution in [1.29, 1.82) is 0 Å². The molecule has 0 saturated heterocycles. The Morgan fingerprint density at radius 2 is 1.95 bits per heavy atom. The summed E-state index contributed by atoms with van der Waals surface area (Å²) in [7, 11) is 0. The van der Waals surface area contributed by atoms with Crippen molar-refractivity contribution in [3.8, 4) is 5.88 Å². The number of nitrogens with two attached hydrogens (primary N) is 1. The number of hydrogen-bond acceptors (Lipinski definition) is 5. The molecule has 112 valence electrons. The summed E-state index contributed by atoms with van der Waals surface area (Å²) in [6, 6.07) is 9.60. The van der Waals surface area contributed by atoms with Crippen molar-refractivity contribution in [2.24, 2.45) is 5.84 Å². The molecule has 21 heavy (non-hydrogen) atoms. The number of nitrogens with one attached hydrogen (secondary N) is 1. The summed E-state index contributed by atoms with van der Waals surface area (Å²) in [6.07, 6.45) is 0. The zero-order valence-corrected chi connectivity index (χ0v) is 13.9. The first-order chi connectivity index (χ1) is 9.90. The number of nitrogens with zero attached hydrogens (tertiary/aromatic N) is 2.